The predicted molar refractivity (Wildman–Crippen MR) is 104 cm³/mol. The number of carbonyl (C=O) groups is 1. The van der Waals surface area contributed by atoms with Crippen molar-refractivity contribution >= 4 is 35.2 Å². The fraction of sp³-hybridized carbons (Fsp3) is 0.200. The SMILES string of the molecule is CCOC(=O)/C(C#N)=C/c1cc(Cl)c(OCc2ccc(Cl)cc2)c(OC)c1. The molecule has 0 unspecified atom stereocenters. The van der Waals surface area contributed by atoms with Crippen LogP contribution in [0.3, 0.4) is 0 Å². The van der Waals surface area contributed by atoms with Gasteiger partial charge in [-0.05, 0) is 48.4 Å². The van der Waals surface area contributed by atoms with Gasteiger partial charge in [-0.2, -0.15) is 5.26 Å². The van der Waals surface area contributed by atoms with Crippen molar-refractivity contribution in [2.24, 2.45) is 0 Å². The highest BCUT2D eigenvalue weighted by Crippen LogP contribution is 2.37. The zero-order chi connectivity index (χ0) is 19.8. The van der Waals surface area contributed by atoms with Gasteiger partial charge in [-0.1, -0.05) is 35.3 Å². The van der Waals surface area contributed by atoms with Crippen LogP contribution in [0.25, 0.3) is 6.08 Å². The number of hydrogen-bond acceptors (Lipinski definition) is 5. The Labute approximate surface area is 167 Å². The summed E-state index contributed by atoms with van der Waals surface area (Å²) in [5.74, 6) is 0.0444. The van der Waals surface area contributed by atoms with Crippen molar-refractivity contribution in [1.29, 1.82) is 5.26 Å². The molecule has 0 aliphatic carbocycles. The number of halogens is 2. The van der Waals surface area contributed by atoms with E-state index in [2.05, 4.69) is 0 Å². The first-order valence-corrected chi connectivity index (χ1v) is 8.77. The van der Waals surface area contributed by atoms with Crippen molar-refractivity contribution in [3.05, 3.63) is 63.1 Å². The zero-order valence-electron chi connectivity index (χ0n) is 14.8. The van der Waals surface area contributed by atoms with E-state index in [4.69, 9.17) is 42.7 Å². The molecule has 0 aromatic heterocycles. The van der Waals surface area contributed by atoms with Crippen LogP contribution >= 0.6 is 23.2 Å². The van der Waals surface area contributed by atoms with Crippen LogP contribution in [-0.4, -0.2) is 19.7 Å². The molecule has 0 radical (unpaired) electrons. The molecule has 7 heteroatoms. The molecule has 0 aliphatic rings. The average Bonchev–Trinajstić information content (AvgIpc) is 2.66. The Kier molecular flexibility index (Phi) is 7.54. The summed E-state index contributed by atoms with van der Waals surface area (Å²) in [4.78, 5) is 11.8. The molecule has 0 saturated heterocycles. The van der Waals surface area contributed by atoms with Crippen molar-refractivity contribution in [1.82, 2.24) is 0 Å². The van der Waals surface area contributed by atoms with E-state index < -0.39 is 5.97 Å². The van der Waals surface area contributed by atoms with Crippen LogP contribution in [0.1, 0.15) is 18.1 Å². The van der Waals surface area contributed by atoms with Gasteiger partial charge in [0.1, 0.15) is 18.2 Å². The highest BCUT2D eigenvalue weighted by atomic mass is 35.5. The Hall–Kier alpha value is -2.68. The third-order valence-electron chi connectivity index (χ3n) is 3.48. The standard InChI is InChI=1S/C20H17Cl2NO4/c1-3-26-20(24)15(11-23)8-14-9-17(22)19(18(10-14)25-2)27-12-13-4-6-16(21)7-5-13/h4-10H,3,12H2,1-2H3/b15-8+. The number of methoxy groups -OCH3 is 1. The average molecular weight is 406 g/mol. The van der Waals surface area contributed by atoms with Crippen LogP contribution < -0.4 is 9.47 Å². The smallest absolute Gasteiger partial charge is 0.348 e. The van der Waals surface area contributed by atoms with Gasteiger partial charge < -0.3 is 14.2 Å². The quantitative estimate of drug-likeness (QED) is 0.366. The van der Waals surface area contributed by atoms with E-state index in [9.17, 15) is 4.79 Å². The first-order chi connectivity index (χ1) is 13.0. The maximum Gasteiger partial charge on any atom is 0.348 e. The summed E-state index contributed by atoms with van der Waals surface area (Å²) in [5, 5.41) is 10.1. The second-order valence-electron chi connectivity index (χ2n) is 5.34. The lowest BCUT2D eigenvalue weighted by atomic mass is 10.1. The minimum Gasteiger partial charge on any atom is -0.493 e. The van der Waals surface area contributed by atoms with E-state index in [0.29, 0.717) is 22.1 Å². The van der Waals surface area contributed by atoms with Crippen LogP contribution in [0, 0.1) is 11.3 Å². The van der Waals surface area contributed by atoms with Gasteiger partial charge in [-0.25, -0.2) is 4.79 Å². The molecule has 0 saturated carbocycles. The fourth-order valence-electron chi connectivity index (χ4n) is 2.21. The van der Waals surface area contributed by atoms with Gasteiger partial charge in [0.25, 0.3) is 0 Å². The molecule has 2 aromatic rings. The molecule has 0 atom stereocenters. The van der Waals surface area contributed by atoms with Crippen molar-refractivity contribution < 1.29 is 19.0 Å². The van der Waals surface area contributed by atoms with E-state index >= 15 is 0 Å². The normalized spacial score (nSPS) is 10.9. The lowest BCUT2D eigenvalue weighted by Gasteiger charge is -2.13. The third kappa shape index (κ3) is 5.65. The highest BCUT2D eigenvalue weighted by Gasteiger charge is 2.14. The summed E-state index contributed by atoms with van der Waals surface area (Å²) >= 11 is 12.2. The van der Waals surface area contributed by atoms with Gasteiger partial charge >= 0.3 is 5.97 Å². The molecule has 2 rings (SSSR count). The predicted octanol–water partition coefficient (Wildman–Crippen LogP) is 5.05. The number of rotatable bonds is 7. The Balaban J connectivity index is 2.27. The third-order valence-corrected chi connectivity index (χ3v) is 4.01. The number of esters is 1. The van der Waals surface area contributed by atoms with Gasteiger partial charge in [0.2, 0.25) is 0 Å². The molecule has 2 aromatic carbocycles. The molecule has 140 valence electrons. The molecular formula is C20H17Cl2NO4. The van der Waals surface area contributed by atoms with E-state index in [1.807, 2.05) is 18.2 Å². The summed E-state index contributed by atoms with van der Waals surface area (Å²) in [5.41, 5.74) is 1.29. The molecule has 5 nitrogen and oxygen atoms in total. The lowest BCUT2D eigenvalue weighted by molar-refractivity contribution is -0.137. The van der Waals surface area contributed by atoms with Gasteiger partial charge in [-0.3, -0.25) is 0 Å². The number of benzene rings is 2. The monoisotopic (exact) mass is 405 g/mol. The molecule has 0 aliphatic heterocycles. The van der Waals surface area contributed by atoms with Crippen molar-refractivity contribution in [3.63, 3.8) is 0 Å². The lowest BCUT2D eigenvalue weighted by Crippen LogP contribution is -2.06. The highest BCUT2D eigenvalue weighted by molar-refractivity contribution is 6.32. The van der Waals surface area contributed by atoms with Crippen LogP contribution in [-0.2, 0) is 16.1 Å². The number of hydrogen-bond donors (Lipinski definition) is 0. The maximum absolute atomic E-state index is 11.8. The molecule has 0 spiro atoms. The van der Waals surface area contributed by atoms with Crippen LogP contribution in [0.2, 0.25) is 10.0 Å². The van der Waals surface area contributed by atoms with Gasteiger partial charge in [-0.15, -0.1) is 0 Å². The Morgan fingerprint density at radius 3 is 2.52 bits per heavy atom. The van der Waals surface area contributed by atoms with Gasteiger partial charge in [0.15, 0.2) is 11.5 Å². The number of nitriles is 1. The number of carbonyl (C=O) groups excluding carboxylic acids is 1. The summed E-state index contributed by atoms with van der Waals surface area (Å²) < 4.78 is 16.0. The van der Waals surface area contributed by atoms with Crippen molar-refractivity contribution in [2.75, 3.05) is 13.7 Å². The maximum atomic E-state index is 11.8. The summed E-state index contributed by atoms with van der Waals surface area (Å²) in [7, 11) is 1.48. The first kappa shape index (κ1) is 20.6. The number of ether oxygens (including phenoxy) is 3. The molecule has 0 bridgehead atoms. The minimum atomic E-state index is -0.696. The fourth-order valence-corrected chi connectivity index (χ4v) is 2.61. The molecule has 0 N–H and O–H groups in total. The summed E-state index contributed by atoms with van der Waals surface area (Å²) in [6, 6.07) is 12.3. The van der Waals surface area contributed by atoms with Gasteiger partial charge in [0, 0.05) is 5.02 Å². The van der Waals surface area contributed by atoms with Crippen LogP contribution in [0.15, 0.2) is 42.0 Å². The largest absolute Gasteiger partial charge is 0.493 e. The second-order valence-corrected chi connectivity index (χ2v) is 6.18. The molecule has 0 fully saturated rings. The first-order valence-electron chi connectivity index (χ1n) is 8.02. The van der Waals surface area contributed by atoms with E-state index in [1.165, 1.54) is 13.2 Å². The summed E-state index contributed by atoms with van der Waals surface area (Å²) in [6.07, 6.45) is 1.38. The van der Waals surface area contributed by atoms with E-state index in [0.717, 1.165) is 5.56 Å². The second kappa shape index (κ2) is 9.86. The Morgan fingerprint density at radius 2 is 1.93 bits per heavy atom. The van der Waals surface area contributed by atoms with E-state index in [-0.39, 0.29) is 23.8 Å². The van der Waals surface area contributed by atoms with Crippen molar-refractivity contribution in [3.8, 4) is 17.6 Å². The molecule has 27 heavy (non-hydrogen) atoms. The Bertz CT molecular complexity index is 886. The van der Waals surface area contributed by atoms with Crippen LogP contribution in [0.4, 0.5) is 0 Å². The van der Waals surface area contributed by atoms with E-state index in [1.54, 1.807) is 31.2 Å². The molecule has 0 amide bonds. The Morgan fingerprint density at radius 1 is 1.22 bits per heavy atom. The summed E-state index contributed by atoms with van der Waals surface area (Å²) in [6.45, 7) is 2.12. The number of nitrogens with zero attached hydrogens (tertiary/aromatic N) is 1. The van der Waals surface area contributed by atoms with Crippen LogP contribution in [0.5, 0.6) is 11.5 Å². The van der Waals surface area contributed by atoms with Gasteiger partial charge in [0.05, 0.1) is 18.7 Å². The topological polar surface area (TPSA) is 68.6 Å². The van der Waals surface area contributed by atoms with Crippen molar-refractivity contribution in [2.45, 2.75) is 13.5 Å². The molecular weight excluding hydrogens is 389 g/mol. The zero-order valence-corrected chi connectivity index (χ0v) is 16.3. The minimum absolute atomic E-state index is 0.134. The molecule has 0 heterocycles.